The molecule has 0 aliphatic heterocycles. The number of benzene rings is 1. The van der Waals surface area contributed by atoms with E-state index >= 15 is 0 Å². The molecule has 1 aromatic carbocycles. The lowest BCUT2D eigenvalue weighted by Crippen LogP contribution is -1.92. The largest absolute Gasteiger partial charge is 0.241 e. The number of aromatic nitrogens is 1. The van der Waals surface area contributed by atoms with E-state index in [1.165, 1.54) is 12.1 Å². The lowest BCUT2D eigenvalue weighted by Gasteiger charge is -2.09. The lowest BCUT2D eigenvalue weighted by atomic mass is 10.0. The van der Waals surface area contributed by atoms with E-state index in [1.54, 1.807) is 18.2 Å². The molecule has 0 unspecified atom stereocenters. The number of hydrogen-bond acceptors (Lipinski definition) is 1. The average molecular weight is 236 g/mol. The van der Waals surface area contributed by atoms with Crippen molar-refractivity contribution in [2.75, 3.05) is 0 Å². The standard InChI is InChI=1S/C13H11ClFN/c1-8-9(2)16-13(14)7-12(8)10-3-5-11(15)6-4-10/h3-7H,1-2H3. The molecule has 0 radical (unpaired) electrons. The summed E-state index contributed by atoms with van der Waals surface area (Å²) in [5, 5.41) is 0.461. The molecule has 1 nitrogen and oxygen atoms in total. The fraction of sp³-hybridized carbons (Fsp3) is 0.154. The minimum absolute atomic E-state index is 0.238. The molecule has 1 aromatic heterocycles. The Balaban J connectivity index is 2.59. The van der Waals surface area contributed by atoms with E-state index in [4.69, 9.17) is 11.6 Å². The first-order chi connectivity index (χ1) is 7.58. The number of halogens is 2. The smallest absolute Gasteiger partial charge is 0.129 e. The molecule has 2 rings (SSSR count). The Hall–Kier alpha value is -1.41. The van der Waals surface area contributed by atoms with Crippen molar-refractivity contribution in [3.8, 4) is 11.1 Å². The molecule has 0 saturated heterocycles. The normalized spacial score (nSPS) is 10.5. The highest BCUT2D eigenvalue weighted by molar-refractivity contribution is 6.29. The van der Waals surface area contributed by atoms with E-state index in [1.807, 2.05) is 13.8 Å². The van der Waals surface area contributed by atoms with E-state index in [9.17, 15) is 4.39 Å². The first-order valence-corrected chi connectivity index (χ1v) is 5.35. The van der Waals surface area contributed by atoms with Crippen molar-refractivity contribution in [3.63, 3.8) is 0 Å². The number of pyridine rings is 1. The molecule has 0 aliphatic rings. The SMILES string of the molecule is Cc1nc(Cl)cc(-c2ccc(F)cc2)c1C. The molecule has 1 heterocycles. The lowest BCUT2D eigenvalue weighted by molar-refractivity contribution is 0.628. The highest BCUT2D eigenvalue weighted by Gasteiger charge is 2.07. The molecule has 0 atom stereocenters. The monoisotopic (exact) mass is 235 g/mol. The summed E-state index contributed by atoms with van der Waals surface area (Å²) in [4.78, 5) is 4.17. The van der Waals surface area contributed by atoms with Crippen LogP contribution < -0.4 is 0 Å². The predicted molar refractivity (Wildman–Crippen MR) is 64.1 cm³/mol. The topological polar surface area (TPSA) is 12.9 Å². The number of aryl methyl sites for hydroxylation is 1. The number of hydrogen-bond donors (Lipinski definition) is 0. The van der Waals surface area contributed by atoms with E-state index in [-0.39, 0.29) is 5.82 Å². The van der Waals surface area contributed by atoms with Gasteiger partial charge in [-0.2, -0.15) is 0 Å². The highest BCUT2D eigenvalue weighted by Crippen LogP contribution is 2.27. The van der Waals surface area contributed by atoms with Gasteiger partial charge in [0.05, 0.1) is 0 Å². The van der Waals surface area contributed by atoms with Crippen molar-refractivity contribution in [1.82, 2.24) is 4.98 Å². The third-order valence-corrected chi connectivity index (χ3v) is 2.83. The fourth-order valence-electron chi connectivity index (χ4n) is 1.63. The van der Waals surface area contributed by atoms with Gasteiger partial charge in [-0.15, -0.1) is 0 Å². The summed E-state index contributed by atoms with van der Waals surface area (Å²) < 4.78 is 12.8. The van der Waals surface area contributed by atoms with Gasteiger partial charge in [-0.1, -0.05) is 23.7 Å². The van der Waals surface area contributed by atoms with Crippen LogP contribution in [0.4, 0.5) is 4.39 Å². The van der Waals surface area contributed by atoms with E-state index in [0.29, 0.717) is 5.15 Å². The third kappa shape index (κ3) is 2.07. The van der Waals surface area contributed by atoms with Crippen LogP contribution in [0, 0.1) is 19.7 Å². The van der Waals surface area contributed by atoms with Crippen molar-refractivity contribution < 1.29 is 4.39 Å². The molecule has 82 valence electrons. The average Bonchev–Trinajstić information content (AvgIpc) is 2.25. The van der Waals surface area contributed by atoms with Crippen LogP contribution in [-0.4, -0.2) is 4.98 Å². The Kier molecular flexibility index (Phi) is 2.92. The van der Waals surface area contributed by atoms with Gasteiger partial charge in [0, 0.05) is 5.69 Å². The van der Waals surface area contributed by atoms with Gasteiger partial charge in [-0.3, -0.25) is 0 Å². The van der Waals surface area contributed by atoms with Crippen molar-refractivity contribution in [1.29, 1.82) is 0 Å². The Morgan fingerprint density at radius 3 is 2.38 bits per heavy atom. The predicted octanol–water partition coefficient (Wildman–Crippen LogP) is 4.16. The quantitative estimate of drug-likeness (QED) is 0.677. The van der Waals surface area contributed by atoms with Gasteiger partial charge in [-0.05, 0) is 48.7 Å². The van der Waals surface area contributed by atoms with Crippen LogP contribution in [0.3, 0.4) is 0 Å². The molecule has 2 aromatic rings. The minimum Gasteiger partial charge on any atom is -0.241 e. The van der Waals surface area contributed by atoms with Gasteiger partial charge in [0.1, 0.15) is 11.0 Å². The molecule has 0 fully saturated rings. The molecule has 0 aliphatic carbocycles. The highest BCUT2D eigenvalue weighted by atomic mass is 35.5. The van der Waals surface area contributed by atoms with Crippen molar-refractivity contribution in [2.24, 2.45) is 0 Å². The maximum absolute atomic E-state index is 12.8. The van der Waals surface area contributed by atoms with Gasteiger partial charge in [-0.25, -0.2) is 9.37 Å². The zero-order chi connectivity index (χ0) is 11.7. The summed E-state index contributed by atoms with van der Waals surface area (Å²) in [7, 11) is 0. The summed E-state index contributed by atoms with van der Waals surface area (Å²) >= 11 is 5.92. The molecular formula is C13H11ClFN. The third-order valence-electron chi connectivity index (χ3n) is 2.64. The van der Waals surface area contributed by atoms with E-state index in [0.717, 1.165) is 22.4 Å². The van der Waals surface area contributed by atoms with Crippen molar-refractivity contribution >= 4 is 11.6 Å². The maximum Gasteiger partial charge on any atom is 0.129 e. The summed E-state index contributed by atoms with van der Waals surface area (Å²) in [6.07, 6.45) is 0. The second-order valence-corrected chi connectivity index (χ2v) is 4.10. The van der Waals surface area contributed by atoms with Crippen LogP contribution >= 0.6 is 11.6 Å². The molecule has 0 N–H and O–H groups in total. The van der Waals surface area contributed by atoms with Crippen LogP contribution in [0.15, 0.2) is 30.3 Å². The van der Waals surface area contributed by atoms with Gasteiger partial charge in [0.15, 0.2) is 0 Å². The van der Waals surface area contributed by atoms with Crippen LogP contribution in [-0.2, 0) is 0 Å². The summed E-state index contributed by atoms with van der Waals surface area (Å²) in [6.45, 7) is 3.89. The van der Waals surface area contributed by atoms with E-state index in [2.05, 4.69) is 4.98 Å². The molecule has 0 bridgehead atoms. The van der Waals surface area contributed by atoms with Crippen LogP contribution in [0.25, 0.3) is 11.1 Å². The molecule has 0 amide bonds. The second kappa shape index (κ2) is 4.22. The van der Waals surface area contributed by atoms with Gasteiger partial charge < -0.3 is 0 Å². The zero-order valence-corrected chi connectivity index (χ0v) is 9.85. The first kappa shape index (κ1) is 11.1. The van der Waals surface area contributed by atoms with Gasteiger partial charge in [0.25, 0.3) is 0 Å². The Labute approximate surface area is 98.9 Å². The Morgan fingerprint density at radius 1 is 1.12 bits per heavy atom. The van der Waals surface area contributed by atoms with Crippen molar-refractivity contribution in [3.05, 3.63) is 52.6 Å². The Bertz CT molecular complexity index is 520. The molecule has 3 heteroatoms. The summed E-state index contributed by atoms with van der Waals surface area (Å²) in [5.41, 5.74) is 3.91. The number of rotatable bonds is 1. The summed E-state index contributed by atoms with van der Waals surface area (Å²) in [6, 6.07) is 8.18. The zero-order valence-electron chi connectivity index (χ0n) is 9.09. The minimum atomic E-state index is -0.238. The van der Waals surface area contributed by atoms with Gasteiger partial charge in [0.2, 0.25) is 0 Å². The fourth-order valence-corrected chi connectivity index (χ4v) is 1.86. The number of nitrogens with zero attached hydrogens (tertiary/aromatic N) is 1. The van der Waals surface area contributed by atoms with E-state index < -0.39 is 0 Å². The van der Waals surface area contributed by atoms with Gasteiger partial charge >= 0.3 is 0 Å². The molecule has 0 spiro atoms. The molecular weight excluding hydrogens is 225 g/mol. The van der Waals surface area contributed by atoms with Crippen molar-refractivity contribution in [2.45, 2.75) is 13.8 Å². The molecule has 16 heavy (non-hydrogen) atoms. The van der Waals surface area contributed by atoms with Crippen LogP contribution in [0.1, 0.15) is 11.3 Å². The van der Waals surface area contributed by atoms with Crippen LogP contribution in [0.5, 0.6) is 0 Å². The second-order valence-electron chi connectivity index (χ2n) is 3.71. The Morgan fingerprint density at radius 2 is 1.75 bits per heavy atom. The molecule has 0 saturated carbocycles. The first-order valence-electron chi connectivity index (χ1n) is 4.97. The van der Waals surface area contributed by atoms with Crippen LogP contribution in [0.2, 0.25) is 5.15 Å². The maximum atomic E-state index is 12.8. The summed E-state index contributed by atoms with van der Waals surface area (Å²) in [5.74, 6) is -0.238.